The van der Waals surface area contributed by atoms with E-state index in [9.17, 15) is 4.79 Å². The highest BCUT2D eigenvalue weighted by Crippen LogP contribution is 2.19. The molecule has 0 unspecified atom stereocenters. The lowest BCUT2D eigenvalue weighted by molar-refractivity contribution is 0.254. The lowest BCUT2D eigenvalue weighted by Crippen LogP contribution is -2.34. The van der Waals surface area contributed by atoms with Gasteiger partial charge >= 0.3 is 6.03 Å². The predicted molar refractivity (Wildman–Crippen MR) is 77.7 cm³/mol. The predicted octanol–water partition coefficient (Wildman–Crippen LogP) is 1.49. The van der Waals surface area contributed by atoms with Crippen molar-refractivity contribution in [1.82, 2.24) is 15.2 Å². The Hall–Kier alpha value is -0.790. The summed E-state index contributed by atoms with van der Waals surface area (Å²) in [6, 6.07) is -0.219. The second-order valence-corrected chi connectivity index (χ2v) is 6.38. The van der Waals surface area contributed by atoms with Gasteiger partial charge in [-0.05, 0) is 6.42 Å². The molecule has 0 atom stereocenters. The minimum absolute atomic E-state index is 0.219. The van der Waals surface area contributed by atoms with Crippen molar-refractivity contribution in [1.29, 1.82) is 0 Å². The third kappa shape index (κ3) is 4.15. The van der Waals surface area contributed by atoms with Crippen molar-refractivity contribution in [3.63, 3.8) is 0 Å². The Labute approximate surface area is 115 Å². The Morgan fingerprint density at radius 3 is 3.00 bits per heavy atom. The van der Waals surface area contributed by atoms with Crippen LogP contribution >= 0.6 is 23.1 Å². The second kappa shape index (κ2) is 6.96. The van der Waals surface area contributed by atoms with E-state index in [0.29, 0.717) is 5.13 Å². The highest BCUT2D eigenvalue weighted by Gasteiger charge is 2.11. The first-order valence-electron chi connectivity index (χ1n) is 6.01. The molecule has 1 aromatic rings. The lowest BCUT2D eigenvalue weighted by Gasteiger charge is -2.25. The van der Waals surface area contributed by atoms with Crippen LogP contribution in [0.15, 0.2) is 6.20 Å². The fourth-order valence-electron chi connectivity index (χ4n) is 1.73. The molecule has 2 N–H and O–H groups in total. The van der Waals surface area contributed by atoms with Crippen LogP contribution in [0, 0.1) is 0 Å². The molecule has 0 radical (unpaired) electrons. The Morgan fingerprint density at radius 1 is 1.50 bits per heavy atom. The topological polar surface area (TPSA) is 57.3 Å². The van der Waals surface area contributed by atoms with Gasteiger partial charge in [-0.15, -0.1) is 11.3 Å². The van der Waals surface area contributed by atoms with E-state index in [-0.39, 0.29) is 6.03 Å². The van der Waals surface area contributed by atoms with Gasteiger partial charge < -0.3 is 10.2 Å². The summed E-state index contributed by atoms with van der Waals surface area (Å²) in [5.74, 6) is 2.48. The number of anilines is 1. The largest absolute Gasteiger partial charge is 0.341 e. The Morgan fingerprint density at radius 2 is 2.28 bits per heavy atom. The van der Waals surface area contributed by atoms with Crippen molar-refractivity contribution in [3.05, 3.63) is 11.1 Å². The summed E-state index contributed by atoms with van der Waals surface area (Å²) < 4.78 is 0. The average Bonchev–Trinajstić information content (AvgIpc) is 2.85. The monoisotopic (exact) mass is 286 g/mol. The van der Waals surface area contributed by atoms with Crippen LogP contribution in [0.5, 0.6) is 0 Å². The highest BCUT2D eigenvalue weighted by atomic mass is 32.2. The zero-order chi connectivity index (χ0) is 12.8. The molecular weight excluding hydrogens is 268 g/mol. The first-order chi connectivity index (χ1) is 8.78. The van der Waals surface area contributed by atoms with Crippen molar-refractivity contribution in [2.24, 2.45) is 0 Å². The maximum atomic E-state index is 11.1. The zero-order valence-electron chi connectivity index (χ0n) is 10.4. The van der Waals surface area contributed by atoms with Gasteiger partial charge in [-0.25, -0.2) is 9.78 Å². The van der Waals surface area contributed by atoms with E-state index in [1.165, 1.54) is 29.5 Å². The molecule has 0 aromatic carbocycles. The van der Waals surface area contributed by atoms with Crippen molar-refractivity contribution in [2.45, 2.75) is 6.42 Å². The minimum atomic E-state index is -0.219. The van der Waals surface area contributed by atoms with Gasteiger partial charge in [0.1, 0.15) is 0 Å². The molecule has 2 amide bonds. The van der Waals surface area contributed by atoms with Gasteiger partial charge in [-0.2, -0.15) is 11.8 Å². The summed E-state index contributed by atoms with van der Waals surface area (Å²) in [7, 11) is 1.60. The molecule has 1 aliphatic heterocycles. The molecule has 0 aliphatic carbocycles. The highest BCUT2D eigenvalue weighted by molar-refractivity contribution is 7.99. The van der Waals surface area contributed by atoms with Crippen LogP contribution in [0.1, 0.15) is 4.88 Å². The number of nitrogens with zero attached hydrogens (tertiary/aromatic N) is 2. The number of amides is 2. The molecule has 0 saturated carbocycles. The number of carbonyl (C=O) groups excluding carboxylic acids is 1. The lowest BCUT2D eigenvalue weighted by atomic mass is 10.3. The molecule has 1 aliphatic rings. The van der Waals surface area contributed by atoms with Crippen LogP contribution in [-0.2, 0) is 6.42 Å². The van der Waals surface area contributed by atoms with E-state index < -0.39 is 0 Å². The van der Waals surface area contributed by atoms with Crippen molar-refractivity contribution in [2.75, 3.05) is 43.5 Å². The van der Waals surface area contributed by atoms with Gasteiger partial charge in [-0.3, -0.25) is 5.32 Å². The van der Waals surface area contributed by atoms with Crippen LogP contribution in [0.4, 0.5) is 9.93 Å². The number of thiazole rings is 1. The minimum Gasteiger partial charge on any atom is -0.341 e. The van der Waals surface area contributed by atoms with Gasteiger partial charge in [0.2, 0.25) is 0 Å². The summed E-state index contributed by atoms with van der Waals surface area (Å²) in [5.41, 5.74) is 0. The van der Waals surface area contributed by atoms with Crippen LogP contribution < -0.4 is 10.6 Å². The zero-order valence-corrected chi connectivity index (χ0v) is 12.1. The number of hydrogen-bond acceptors (Lipinski definition) is 5. The van der Waals surface area contributed by atoms with E-state index in [0.717, 1.165) is 13.0 Å². The molecule has 0 bridgehead atoms. The molecule has 7 heteroatoms. The molecule has 2 heterocycles. The SMILES string of the molecule is CNC(=O)Nc1ncc(CCN2CCSCC2)s1. The fraction of sp³-hybridized carbons (Fsp3) is 0.636. The number of rotatable bonds is 4. The summed E-state index contributed by atoms with van der Waals surface area (Å²) in [4.78, 5) is 19.0. The Kier molecular flexibility index (Phi) is 5.27. The molecule has 18 heavy (non-hydrogen) atoms. The van der Waals surface area contributed by atoms with Crippen molar-refractivity contribution >= 4 is 34.3 Å². The van der Waals surface area contributed by atoms with Gasteiger partial charge in [0.05, 0.1) is 0 Å². The van der Waals surface area contributed by atoms with Crippen LogP contribution in [0.3, 0.4) is 0 Å². The molecule has 5 nitrogen and oxygen atoms in total. The van der Waals surface area contributed by atoms with E-state index in [1.807, 2.05) is 18.0 Å². The maximum absolute atomic E-state index is 11.1. The third-order valence-corrected chi connectivity index (χ3v) is 4.69. The second-order valence-electron chi connectivity index (χ2n) is 4.04. The Bertz CT molecular complexity index is 390. The van der Waals surface area contributed by atoms with E-state index in [4.69, 9.17) is 0 Å². The van der Waals surface area contributed by atoms with Gasteiger partial charge in [0.25, 0.3) is 0 Å². The molecule has 1 fully saturated rings. The third-order valence-electron chi connectivity index (χ3n) is 2.78. The first kappa shape index (κ1) is 13.6. The van der Waals surface area contributed by atoms with Gasteiger partial charge in [0.15, 0.2) is 5.13 Å². The number of aromatic nitrogens is 1. The number of carbonyl (C=O) groups is 1. The van der Waals surface area contributed by atoms with Gasteiger partial charge in [0, 0.05) is 49.3 Å². The average molecular weight is 286 g/mol. The molecule has 1 saturated heterocycles. The van der Waals surface area contributed by atoms with Crippen molar-refractivity contribution < 1.29 is 4.79 Å². The van der Waals surface area contributed by atoms with Crippen LogP contribution in [-0.4, -0.2) is 54.1 Å². The molecule has 100 valence electrons. The van der Waals surface area contributed by atoms with E-state index >= 15 is 0 Å². The van der Waals surface area contributed by atoms with E-state index in [1.54, 1.807) is 18.4 Å². The summed E-state index contributed by atoms with van der Waals surface area (Å²) in [6.07, 6.45) is 2.87. The number of urea groups is 1. The summed E-state index contributed by atoms with van der Waals surface area (Å²) >= 11 is 3.58. The summed E-state index contributed by atoms with van der Waals surface area (Å²) in [6.45, 7) is 3.46. The number of thioether (sulfide) groups is 1. The van der Waals surface area contributed by atoms with Crippen LogP contribution in [0.2, 0.25) is 0 Å². The molecule has 0 spiro atoms. The van der Waals surface area contributed by atoms with Crippen LogP contribution in [0.25, 0.3) is 0 Å². The van der Waals surface area contributed by atoms with Gasteiger partial charge in [-0.1, -0.05) is 0 Å². The number of hydrogen-bond donors (Lipinski definition) is 2. The van der Waals surface area contributed by atoms with Crippen molar-refractivity contribution in [3.8, 4) is 0 Å². The first-order valence-corrected chi connectivity index (χ1v) is 7.98. The molecule has 1 aromatic heterocycles. The summed E-state index contributed by atoms with van der Waals surface area (Å²) in [5, 5.41) is 5.87. The maximum Gasteiger partial charge on any atom is 0.320 e. The number of nitrogens with one attached hydrogen (secondary N) is 2. The molecular formula is C11H18N4OS2. The molecule has 2 rings (SSSR count). The quantitative estimate of drug-likeness (QED) is 0.880. The normalized spacial score (nSPS) is 16.5. The Balaban J connectivity index is 1.77. The van der Waals surface area contributed by atoms with E-state index in [2.05, 4.69) is 20.5 Å². The smallest absolute Gasteiger partial charge is 0.320 e. The fourth-order valence-corrected chi connectivity index (χ4v) is 3.51. The standard InChI is InChI=1S/C11H18N4OS2/c1-12-10(16)14-11-13-8-9(18-11)2-3-15-4-6-17-7-5-15/h8H,2-7H2,1H3,(H2,12,13,14,16).